The van der Waals surface area contributed by atoms with Crippen LogP contribution in [0, 0.1) is 0 Å². The monoisotopic (exact) mass is 666 g/mol. The van der Waals surface area contributed by atoms with Gasteiger partial charge >= 0.3 is 0 Å². The van der Waals surface area contributed by atoms with Crippen molar-refractivity contribution in [2.75, 3.05) is 11.5 Å². The van der Waals surface area contributed by atoms with Crippen LogP contribution in [0.1, 0.15) is 0 Å². The number of para-hydroxylation sites is 4. The average Bonchev–Trinajstić information content (AvgIpc) is 3.71. The van der Waals surface area contributed by atoms with Crippen molar-refractivity contribution in [3.8, 4) is 44.8 Å². The lowest BCUT2D eigenvalue weighted by molar-refractivity contribution is 1.18. The number of nitrogens with two attached hydrogens (primary N) is 2. The highest BCUT2D eigenvalue weighted by molar-refractivity contribution is 6.14. The first kappa shape index (κ1) is 29.8. The van der Waals surface area contributed by atoms with Gasteiger partial charge in [-0.15, -0.1) is 0 Å². The molecule has 0 spiro atoms. The molecule has 0 saturated heterocycles. The van der Waals surface area contributed by atoms with Gasteiger partial charge in [-0.2, -0.15) is 0 Å². The molecule has 0 radical (unpaired) electrons. The SMILES string of the molecule is Nc1ccc(-c2ccc(N)c(-c3ccc4c(c3)c3ccccc3n4-c3ccccc3)c2-c2ccc3c(c2)c2ccccc2n3-c2ccccc2)cc1. The predicted molar refractivity (Wildman–Crippen MR) is 220 cm³/mol. The van der Waals surface area contributed by atoms with Gasteiger partial charge < -0.3 is 20.6 Å². The molecule has 4 N–H and O–H groups in total. The molecular weight excluding hydrogens is 633 g/mol. The molecule has 246 valence electrons. The normalized spacial score (nSPS) is 11.6. The zero-order valence-electron chi connectivity index (χ0n) is 28.4. The fourth-order valence-electron chi connectivity index (χ4n) is 8.10. The molecule has 2 heterocycles. The fourth-order valence-corrected chi connectivity index (χ4v) is 8.10. The van der Waals surface area contributed by atoms with Gasteiger partial charge in [-0.3, -0.25) is 0 Å². The molecule has 4 nitrogen and oxygen atoms in total. The van der Waals surface area contributed by atoms with Crippen LogP contribution < -0.4 is 11.5 Å². The Morgan fingerprint density at radius 1 is 0.327 bits per heavy atom. The molecule has 8 aromatic carbocycles. The van der Waals surface area contributed by atoms with Gasteiger partial charge in [-0.25, -0.2) is 0 Å². The van der Waals surface area contributed by atoms with Crippen molar-refractivity contribution in [3.63, 3.8) is 0 Å². The summed E-state index contributed by atoms with van der Waals surface area (Å²) in [6.07, 6.45) is 0. The lowest BCUT2D eigenvalue weighted by Gasteiger charge is -2.19. The second-order valence-electron chi connectivity index (χ2n) is 13.4. The summed E-state index contributed by atoms with van der Waals surface area (Å²) in [5, 5.41) is 4.78. The van der Waals surface area contributed by atoms with E-state index >= 15 is 0 Å². The van der Waals surface area contributed by atoms with Crippen LogP contribution in [-0.2, 0) is 0 Å². The molecule has 0 amide bonds. The first-order valence-corrected chi connectivity index (χ1v) is 17.6. The minimum atomic E-state index is 0.729. The third kappa shape index (κ3) is 4.62. The van der Waals surface area contributed by atoms with Gasteiger partial charge in [-0.1, -0.05) is 103 Å². The van der Waals surface area contributed by atoms with E-state index < -0.39 is 0 Å². The van der Waals surface area contributed by atoms with E-state index in [4.69, 9.17) is 11.5 Å². The number of fused-ring (bicyclic) bond motifs is 6. The van der Waals surface area contributed by atoms with E-state index in [1.54, 1.807) is 0 Å². The van der Waals surface area contributed by atoms with Crippen molar-refractivity contribution < 1.29 is 0 Å². The van der Waals surface area contributed by atoms with Crippen LogP contribution in [-0.4, -0.2) is 9.13 Å². The van der Waals surface area contributed by atoms with E-state index in [0.29, 0.717) is 0 Å². The van der Waals surface area contributed by atoms with Crippen molar-refractivity contribution in [1.29, 1.82) is 0 Å². The van der Waals surface area contributed by atoms with Gasteiger partial charge in [0.2, 0.25) is 0 Å². The number of rotatable bonds is 5. The Bertz CT molecular complexity index is 2950. The zero-order chi connectivity index (χ0) is 34.8. The summed E-state index contributed by atoms with van der Waals surface area (Å²) in [4.78, 5) is 0. The summed E-state index contributed by atoms with van der Waals surface area (Å²) >= 11 is 0. The highest BCUT2D eigenvalue weighted by atomic mass is 15.0. The molecule has 0 atom stereocenters. The van der Waals surface area contributed by atoms with Crippen molar-refractivity contribution in [3.05, 3.63) is 182 Å². The maximum absolute atomic E-state index is 7.07. The van der Waals surface area contributed by atoms with Gasteiger partial charge in [0.25, 0.3) is 0 Å². The van der Waals surface area contributed by atoms with E-state index in [-0.39, 0.29) is 0 Å². The highest BCUT2D eigenvalue weighted by Crippen LogP contribution is 2.46. The zero-order valence-corrected chi connectivity index (χ0v) is 28.4. The first-order valence-electron chi connectivity index (χ1n) is 17.6. The molecule has 52 heavy (non-hydrogen) atoms. The Hall–Kier alpha value is -7.04. The molecule has 0 unspecified atom stereocenters. The Morgan fingerprint density at radius 3 is 1.31 bits per heavy atom. The fraction of sp³-hybridized carbons (Fsp3) is 0. The van der Waals surface area contributed by atoms with Crippen LogP contribution in [0.2, 0.25) is 0 Å². The summed E-state index contributed by atoms with van der Waals surface area (Å²) < 4.78 is 4.70. The first-order chi connectivity index (χ1) is 25.6. The molecular formula is C48H34N4. The van der Waals surface area contributed by atoms with Gasteiger partial charge in [0.05, 0.1) is 22.1 Å². The van der Waals surface area contributed by atoms with Crippen LogP contribution >= 0.6 is 0 Å². The van der Waals surface area contributed by atoms with E-state index in [0.717, 1.165) is 67.2 Å². The lowest BCUT2D eigenvalue weighted by Crippen LogP contribution is -1.98. The third-order valence-corrected chi connectivity index (χ3v) is 10.4. The largest absolute Gasteiger partial charge is 0.399 e. The van der Waals surface area contributed by atoms with Crippen molar-refractivity contribution >= 4 is 55.0 Å². The molecule has 2 aromatic heterocycles. The summed E-state index contributed by atoms with van der Waals surface area (Å²) in [5.74, 6) is 0. The molecule has 0 bridgehead atoms. The van der Waals surface area contributed by atoms with Crippen molar-refractivity contribution in [2.45, 2.75) is 0 Å². The molecule has 10 aromatic rings. The number of nitrogens with zero attached hydrogens (tertiary/aromatic N) is 2. The van der Waals surface area contributed by atoms with Gasteiger partial charge in [0.15, 0.2) is 0 Å². The second kappa shape index (κ2) is 11.8. The molecule has 0 aliphatic rings. The van der Waals surface area contributed by atoms with Crippen molar-refractivity contribution in [2.24, 2.45) is 0 Å². The average molecular weight is 667 g/mol. The predicted octanol–water partition coefficient (Wildman–Crippen LogP) is 12.0. The minimum Gasteiger partial charge on any atom is -0.399 e. The molecule has 0 fully saturated rings. The summed E-state index contributed by atoms with van der Waals surface area (Å²) in [5.41, 5.74) is 28.1. The lowest BCUT2D eigenvalue weighted by atomic mass is 9.85. The van der Waals surface area contributed by atoms with Crippen LogP contribution in [0.15, 0.2) is 182 Å². The quantitative estimate of drug-likeness (QED) is 0.180. The Labute approximate surface area is 301 Å². The Morgan fingerprint density at radius 2 is 0.769 bits per heavy atom. The highest BCUT2D eigenvalue weighted by Gasteiger charge is 2.21. The van der Waals surface area contributed by atoms with Crippen LogP contribution in [0.5, 0.6) is 0 Å². The number of benzene rings is 8. The Balaban J connectivity index is 1.26. The smallest absolute Gasteiger partial charge is 0.0541 e. The van der Waals surface area contributed by atoms with Gasteiger partial charge in [0, 0.05) is 49.9 Å². The van der Waals surface area contributed by atoms with Gasteiger partial charge in [0.1, 0.15) is 0 Å². The molecule has 10 rings (SSSR count). The number of hydrogen-bond acceptors (Lipinski definition) is 2. The Kier molecular flexibility index (Phi) is 6.76. The van der Waals surface area contributed by atoms with E-state index in [2.05, 4.69) is 173 Å². The number of nitrogen functional groups attached to an aromatic ring is 2. The topological polar surface area (TPSA) is 61.9 Å². The van der Waals surface area contributed by atoms with E-state index in [9.17, 15) is 0 Å². The summed E-state index contributed by atoms with van der Waals surface area (Å²) in [6, 6.07) is 64.4. The number of hydrogen-bond donors (Lipinski definition) is 2. The molecule has 0 aliphatic carbocycles. The summed E-state index contributed by atoms with van der Waals surface area (Å²) in [6.45, 7) is 0. The van der Waals surface area contributed by atoms with Crippen LogP contribution in [0.3, 0.4) is 0 Å². The van der Waals surface area contributed by atoms with E-state index in [1.807, 2.05) is 18.2 Å². The van der Waals surface area contributed by atoms with Crippen LogP contribution in [0.4, 0.5) is 11.4 Å². The molecule has 4 heteroatoms. The number of anilines is 2. The maximum Gasteiger partial charge on any atom is 0.0541 e. The second-order valence-corrected chi connectivity index (χ2v) is 13.4. The third-order valence-electron chi connectivity index (χ3n) is 10.4. The standard InChI is InChI=1S/C48H34N4/c49-34-23-19-31(20-24-34)37-25-26-42(50)48(33-22-28-46-41(30-33)39-16-8-10-18-44(39)52(46)36-13-5-2-6-14-36)47(37)32-21-27-45-40(29-32)38-15-7-9-17-43(38)51(45)35-11-3-1-4-12-35/h1-30H,49-50H2. The number of aromatic nitrogens is 2. The summed E-state index contributed by atoms with van der Waals surface area (Å²) in [7, 11) is 0. The van der Waals surface area contributed by atoms with Crippen LogP contribution in [0.25, 0.3) is 88.4 Å². The van der Waals surface area contributed by atoms with Crippen molar-refractivity contribution in [1.82, 2.24) is 9.13 Å². The molecule has 0 saturated carbocycles. The van der Waals surface area contributed by atoms with Gasteiger partial charge in [-0.05, 0) is 107 Å². The minimum absolute atomic E-state index is 0.729. The van der Waals surface area contributed by atoms with E-state index in [1.165, 1.54) is 32.6 Å². The maximum atomic E-state index is 7.07. The molecule has 0 aliphatic heterocycles.